The number of rotatable bonds is 1. The van der Waals surface area contributed by atoms with Crippen molar-refractivity contribution in [2.75, 3.05) is 0 Å². The van der Waals surface area contributed by atoms with Crippen molar-refractivity contribution in [1.82, 2.24) is 0 Å². The molecule has 0 amide bonds. The largest absolute Gasteiger partial charge is 0.462 e. The molecule has 3 heteroatoms. The lowest BCUT2D eigenvalue weighted by Crippen LogP contribution is -2.51. The molecule has 4 fully saturated rings. The van der Waals surface area contributed by atoms with Gasteiger partial charge in [0.1, 0.15) is 6.10 Å². The molecule has 0 aromatic carbocycles. The second-order valence-corrected chi connectivity index (χ2v) is 10.3. The molecule has 1 aliphatic heterocycles. The highest BCUT2D eigenvalue weighted by molar-refractivity contribution is 5.91. The van der Waals surface area contributed by atoms with E-state index < -0.39 is 0 Å². The lowest BCUT2D eigenvalue weighted by Gasteiger charge is -2.58. The maximum atomic E-state index is 12.0. The van der Waals surface area contributed by atoms with Crippen LogP contribution in [0.25, 0.3) is 0 Å². The smallest absolute Gasteiger partial charge is 0.306 e. The standard InChI is InChI=1S/C23H32O3/c1-22-11-9-15(24)13-14(22)3-4-16-17-5-6-19(20-7-8-21(25)26-20)23(17,2)12-10-18(16)22/h13,16-20H,3-12H2,1-2H3. The van der Waals surface area contributed by atoms with Gasteiger partial charge in [-0.2, -0.15) is 0 Å². The number of ether oxygens (including phenoxy) is 1. The molecular weight excluding hydrogens is 324 g/mol. The van der Waals surface area contributed by atoms with E-state index >= 15 is 0 Å². The Balaban J connectivity index is 1.42. The van der Waals surface area contributed by atoms with Gasteiger partial charge in [0.25, 0.3) is 0 Å². The third kappa shape index (κ3) is 2.24. The van der Waals surface area contributed by atoms with Crippen LogP contribution in [-0.2, 0) is 14.3 Å². The fraction of sp³-hybridized carbons (Fsp3) is 0.826. The minimum absolute atomic E-state index is 0.0163. The Kier molecular flexibility index (Phi) is 3.72. The molecule has 0 N–H and O–H groups in total. The van der Waals surface area contributed by atoms with Crippen molar-refractivity contribution < 1.29 is 14.3 Å². The second-order valence-electron chi connectivity index (χ2n) is 10.3. The third-order valence-electron chi connectivity index (χ3n) is 9.40. The molecule has 7 atom stereocenters. The second kappa shape index (κ2) is 5.69. The van der Waals surface area contributed by atoms with Gasteiger partial charge in [0.2, 0.25) is 0 Å². The summed E-state index contributed by atoms with van der Waals surface area (Å²) in [5.41, 5.74) is 2.06. The number of carbonyl (C=O) groups excluding carboxylic acids is 2. The number of cyclic esters (lactones) is 1. The summed E-state index contributed by atoms with van der Waals surface area (Å²) in [5, 5.41) is 0. The van der Waals surface area contributed by atoms with E-state index in [2.05, 4.69) is 13.8 Å². The lowest BCUT2D eigenvalue weighted by atomic mass is 9.46. The molecule has 3 saturated carbocycles. The zero-order valence-electron chi connectivity index (χ0n) is 16.3. The first kappa shape index (κ1) is 17.0. The van der Waals surface area contributed by atoms with Gasteiger partial charge >= 0.3 is 5.97 Å². The van der Waals surface area contributed by atoms with Gasteiger partial charge in [0.15, 0.2) is 5.78 Å². The quantitative estimate of drug-likeness (QED) is 0.631. The van der Waals surface area contributed by atoms with Crippen LogP contribution in [0.5, 0.6) is 0 Å². The average Bonchev–Trinajstić information content (AvgIpc) is 3.18. The Morgan fingerprint density at radius 3 is 2.46 bits per heavy atom. The monoisotopic (exact) mass is 356 g/mol. The summed E-state index contributed by atoms with van der Waals surface area (Å²) in [5.74, 6) is 3.26. The van der Waals surface area contributed by atoms with Gasteiger partial charge in [-0.1, -0.05) is 19.4 Å². The van der Waals surface area contributed by atoms with Crippen LogP contribution in [0.1, 0.15) is 78.1 Å². The molecule has 0 aromatic rings. The van der Waals surface area contributed by atoms with Gasteiger partial charge in [-0.3, -0.25) is 9.59 Å². The minimum atomic E-state index is 0.0163. The number of ketones is 1. The van der Waals surface area contributed by atoms with E-state index in [4.69, 9.17) is 4.74 Å². The molecule has 1 saturated heterocycles. The van der Waals surface area contributed by atoms with E-state index in [-0.39, 0.29) is 17.5 Å². The van der Waals surface area contributed by atoms with Crippen molar-refractivity contribution >= 4 is 11.8 Å². The maximum Gasteiger partial charge on any atom is 0.306 e. The van der Waals surface area contributed by atoms with Crippen LogP contribution < -0.4 is 0 Å². The Hall–Kier alpha value is -1.12. The van der Waals surface area contributed by atoms with Gasteiger partial charge in [-0.25, -0.2) is 0 Å². The van der Waals surface area contributed by atoms with Crippen LogP contribution >= 0.6 is 0 Å². The number of hydrogen-bond acceptors (Lipinski definition) is 3. The first-order valence-electron chi connectivity index (χ1n) is 10.9. The SMILES string of the molecule is CC12CCC(=O)C=C1CCC1C2CCC2(C)C(C3CCC(=O)O3)CCC12. The number of carbonyl (C=O) groups is 2. The summed E-state index contributed by atoms with van der Waals surface area (Å²) in [6.07, 6.45) is 13.0. The van der Waals surface area contributed by atoms with E-state index in [0.717, 1.165) is 43.4 Å². The average molecular weight is 357 g/mol. The Bertz CT molecular complexity index is 679. The molecule has 5 rings (SSSR count). The molecule has 3 nitrogen and oxygen atoms in total. The topological polar surface area (TPSA) is 43.4 Å². The van der Waals surface area contributed by atoms with Gasteiger partial charge in [-0.15, -0.1) is 0 Å². The van der Waals surface area contributed by atoms with Crippen LogP contribution in [0.3, 0.4) is 0 Å². The van der Waals surface area contributed by atoms with Gasteiger partial charge in [0.05, 0.1) is 0 Å². The minimum Gasteiger partial charge on any atom is -0.462 e. The first-order chi connectivity index (χ1) is 12.4. The van der Waals surface area contributed by atoms with Crippen molar-refractivity contribution in [3.05, 3.63) is 11.6 Å². The summed E-state index contributed by atoms with van der Waals surface area (Å²) in [6.45, 7) is 4.96. The zero-order chi connectivity index (χ0) is 18.1. The van der Waals surface area contributed by atoms with Crippen LogP contribution in [0, 0.1) is 34.5 Å². The number of esters is 1. The molecule has 142 valence electrons. The fourth-order valence-corrected chi connectivity index (χ4v) is 8.04. The van der Waals surface area contributed by atoms with Crippen molar-refractivity contribution in [1.29, 1.82) is 0 Å². The predicted molar refractivity (Wildman–Crippen MR) is 99.3 cm³/mol. The van der Waals surface area contributed by atoms with Gasteiger partial charge < -0.3 is 4.74 Å². The first-order valence-corrected chi connectivity index (χ1v) is 10.9. The van der Waals surface area contributed by atoms with Crippen molar-refractivity contribution in [2.24, 2.45) is 34.5 Å². The van der Waals surface area contributed by atoms with E-state index in [1.807, 2.05) is 6.08 Å². The molecule has 0 spiro atoms. The lowest BCUT2D eigenvalue weighted by molar-refractivity contribution is -0.146. The van der Waals surface area contributed by atoms with Crippen molar-refractivity contribution in [3.63, 3.8) is 0 Å². The van der Waals surface area contributed by atoms with E-state index in [0.29, 0.717) is 23.5 Å². The summed E-state index contributed by atoms with van der Waals surface area (Å²) < 4.78 is 5.73. The van der Waals surface area contributed by atoms with Crippen LogP contribution in [0.2, 0.25) is 0 Å². The molecular formula is C23H32O3. The highest BCUT2D eigenvalue weighted by Crippen LogP contribution is 2.67. The van der Waals surface area contributed by atoms with Crippen molar-refractivity contribution in [2.45, 2.75) is 84.2 Å². The van der Waals surface area contributed by atoms with Crippen molar-refractivity contribution in [3.8, 4) is 0 Å². The molecule has 0 bridgehead atoms. The molecule has 7 unspecified atom stereocenters. The maximum absolute atomic E-state index is 12.0. The highest BCUT2D eigenvalue weighted by Gasteiger charge is 2.60. The fourth-order valence-electron chi connectivity index (χ4n) is 8.04. The summed E-state index contributed by atoms with van der Waals surface area (Å²) in [4.78, 5) is 23.6. The predicted octanol–water partition coefficient (Wildman–Crippen LogP) is 4.84. The van der Waals surface area contributed by atoms with Crippen LogP contribution in [0.15, 0.2) is 11.6 Å². The van der Waals surface area contributed by atoms with Gasteiger partial charge in [-0.05, 0) is 86.0 Å². The molecule has 26 heavy (non-hydrogen) atoms. The molecule has 5 aliphatic rings. The zero-order valence-corrected chi connectivity index (χ0v) is 16.3. The Morgan fingerprint density at radius 1 is 0.885 bits per heavy atom. The normalized spacial score (nSPS) is 50.5. The summed E-state index contributed by atoms with van der Waals surface area (Å²) in [6, 6.07) is 0. The molecule has 1 heterocycles. The number of fused-ring (bicyclic) bond motifs is 5. The van der Waals surface area contributed by atoms with E-state index in [1.165, 1.54) is 37.7 Å². The highest BCUT2D eigenvalue weighted by atomic mass is 16.5. The Morgan fingerprint density at radius 2 is 1.69 bits per heavy atom. The molecule has 4 aliphatic carbocycles. The van der Waals surface area contributed by atoms with Crippen LogP contribution in [0.4, 0.5) is 0 Å². The Labute approximate surface area is 156 Å². The van der Waals surface area contributed by atoms with E-state index in [1.54, 1.807) is 0 Å². The molecule has 0 aromatic heterocycles. The van der Waals surface area contributed by atoms with Gasteiger partial charge in [0, 0.05) is 18.8 Å². The summed E-state index contributed by atoms with van der Waals surface area (Å²) in [7, 11) is 0. The molecule has 0 radical (unpaired) electrons. The summed E-state index contributed by atoms with van der Waals surface area (Å²) >= 11 is 0. The number of allylic oxidation sites excluding steroid dienone is 1. The van der Waals surface area contributed by atoms with E-state index in [9.17, 15) is 9.59 Å². The van der Waals surface area contributed by atoms with Crippen LogP contribution in [-0.4, -0.2) is 17.9 Å². The number of hydrogen-bond donors (Lipinski definition) is 0. The third-order valence-corrected chi connectivity index (χ3v) is 9.40.